The normalized spacial score (nSPS) is 16.5. The van der Waals surface area contributed by atoms with Crippen molar-refractivity contribution in [3.05, 3.63) is 29.3 Å². The maximum Gasteiger partial charge on any atom is 0.299 e. The largest absolute Gasteiger partial charge is 0.299 e. The molecule has 5 nitrogen and oxygen atoms in total. The summed E-state index contributed by atoms with van der Waals surface area (Å²) in [5, 5.41) is 0. The average molecular weight is 303 g/mol. The first-order valence-corrected chi connectivity index (χ1v) is 8.03. The molecule has 0 bridgehead atoms. The van der Waals surface area contributed by atoms with Gasteiger partial charge >= 0.3 is 0 Å². The van der Waals surface area contributed by atoms with Crippen molar-refractivity contribution < 1.29 is 13.2 Å². The van der Waals surface area contributed by atoms with Crippen LogP contribution in [0.1, 0.15) is 35.2 Å². The number of hydrogen-bond donors (Lipinski definition) is 2. The molecule has 0 aromatic heterocycles. The van der Waals surface area contributed by atoms with Crippen LogP contribution in [0.5, 0.6) is 0 Å². The number of carbonyl (C=O) groups is 1. The fourth-order valence-electron chi connectivity index (χ4n) is 1.89. The monoisotopic (exact) mass is 302 g/mol. The number of ketones is 1. The molecule has 0 atom stereocenters. The van der Waals surface area contributed by atoms with E-state index in [1.54, 1.807) is 18.2 Å². The maximum absolute atomic E-state index is 11.9. The Morgan fingerprint density at radius 2 is 2.11 bits per heavy atom. The lowest BCUT2D eigenvalue weighted by atomic mass is 10.0. The molecule has 1 aliphatic heterocycles. The standard InChI is InChI=1S/C12H15ClN2O3S/c13-6-2-1-3-12(16)9-4-5-11-10(7-9)8-14-19(17,18)15-11/h4-5,7,14-15H,1-3,6,8H2. The molecule has 1 aromatic carbocycles. The lowest BCUT2D eigenvalue weighted by Crippen LogP contribution is -2.34. The zero-order valence-corrected chi connectivity index (χ0v) is 11.9. The molecule has 1 heterocycles. The predicted molar refractivity (Wildman–Crippen MR) is 74.7 cm³/mol. The second kappa shape index (κ2) is 5.90. The Bertz CT molecular complexity index is 587. The van der Waals surface area contributed by atoms with Crippen molar-refractivity contribution in [2.75, 3.05) is 10.6 Å². The van der Waals surface area contributed by atoms with Gasteiger partial charge in [0.2, 0.25) is 0 Å². The van der Waals surface area contributed by atoms with E-state index in [0.717, 1.165) is 18.4 Å². The number of fused-ring (bicyclic) bond motifs is 1. The molecule has 0 fully saturated rings. The van der Waals surface area contributed by atoms with Crippen molar-refractivity contribution in [3.63, 3.8) is 0 Å². The molecule has 0 saturated carbocycles. The summed E-state index contributed by atoms with van der Waals surface area (Å²) >= 11 is 5.57. The van der Waals surface area contributed by atoms with Crippen molar-refractivity contribution in [1.82, 2.24) is 4.72 Å². The number of alkyl halides is 1. The molecule has 19 heavy (non-hydrogen) atoms. The molecule has 0 aliphatic carbocycles. The molecule has 0 saturated heterocycles. The van der Waals surface area contributed by atoms with Crippen LogP contribution in [0.15, 0.2) is 18.2 Å². The number of Topliss-reactive ketones (excluding diaryl/α,β-unsaturated/α-hetero) is 1. The van der Waals surface area contributed by atoms with E-state index in [9.17, 15) is 13.2 Å². The third-order valence-corrected chi connectivity index (χ3v) is 4.19. The van der Waals surface area contributed by atoms with Crippen LogP contribution in [0.3, 0.4) is 0 Å². The quantitative estimate of drug-likeness (QED) is 0.496. The van der Waals surface area contributed by atoms with Gasteiger partial charge in [-0.15, -0.1) is 11.6 Å². The van der Waals surface area contributed by atoms with E-state index < -0.39 is 10.2 Å². The second-order valence-corrected chi connectivity index (χ2v) is 6.25. The number of nitrogens with one attached hydrogen (secondary N) is 2. The van der Waals surface area contributed by atoms with Crippen LogP contribution in [0, 0.1) is 0 Å². The van der Waals surface area contributed by atoms with Gasteiger partial charge in [0.25, 0.3) is 10.2 Å². The first-order valence-electron chi connectivity index (χ1n) is 6.01. The fourth-order valence-corrected chi connectivity index (χ4v) is 2.99. The van der Waals surface area contributed by atoms with Gasteiger partial charge in [-0.05, 0) is 36.6 Å². The summed E-state index contributed by atoms with van der Waals surface area (Å²) < 4.78 is 27.4. The third kappa shape index (κ3) is 3.68. The van der Waals surface area contributed by atoms with Crippen LogP contribution in [-0.4, -0.2) is 20.1 Å². The maximum atomic E-state index is 11.9. The van der Waals surface area contributed by atoms with Crippen molar-refractivity contribution in [1.29, 1.82) is 0 Å². The summed E-state index contributed by atoms with van der Waals surface area (Å²) in [5.74, 6) is 0.616. The van der Waals surface area contributed by atoms with E-state index in [1.807, 2.05) is 0 Å². The molecule has 7 heteroatoms. The SMILES string of the molecule is O=C(CCCCCl)c1ccc2c(c1)CNS(=O)(=O)N2. The molecule has 1 aliphatic rings. The molecule has 1 aromatic rings. The number of benzene rings is 1. The number of anilines is 1. The lowest BCUT2D eigenvalue weighted by molar-refractivity contribution is 0.0980. The predicted octanol–water partition coefficient (Wildman–Crippen LogP) is 2.04. The Kier molecular flexibility index (Phi) is 4.44. The average Bonchev–Trinajstić information content (AvgIpc) is 2.37. The van der Waals surface area contributed by atoms with Crippen LogP contribution >= 0.6 is 11.6 Å². The highest BCUT2D eigenvalue weighted by Crippen LogP contribution is 2.23. The minimum absolute atomic E-state index is 0.0568. The van der Waals surface area contributed by atoms with E-state index in [-0.39, 0.29) is 12.3 Å². The zero-order chi connectivity index (χ0) is 13.9. The van der Waals surface area contributed by atoms with Crippen molar-refractivity contribution in [2.45, 2.75) is 25.8 Å². The summed E-state index contributed by atoms with van der Waals surface area (Å²) in [7, 11) is -3.45. The number of carbonyl (C=O) groups excluding carboxylic acids is 1. The van der Waals surface area contributed by atoms with Crippen LogP contribution in [-0.2, 0) is 16.8 Å². The van der Waals surface area contributed by atoms with Crippen LogP contribution in [0.25, 0.3) is 0 Å². The number of rotatable bonds is 5. The fraction of sp³-hybridized carbons (Fsp3) is 0.417. The summed E-state index contributed by atoms with van der Waals surface area (Å²) in [6.07, 6.45) is 2.05. The highest BCUT2D eigenvalue weighted by Gasteiger charge is 2.20. The molecule has 0 spiro atoms. The summed E-state index contributed by atoms with van der Waals surface area (Å²) in [6.45, 7) is 0.202. The first-order chi connectivity index (χ1) is 9.02. The zero-order valence-electron chi connectivity index (χ0n) is 10.3. The molecule has 2 N–H and O–H groups in total. The van der Waals surface area contributed by atoms with Crippen LogP contribution in [0.4, 0.5) is 5.69 Å². The summed E-state index contributed by atoms with van der Waals surface area (Å²) in [6, 6.07) is 5.01. The van der Waals surface area contributed by atoms with Crippen LogP contribution in [0.2, 0.25) is 0 Å². The van der Waals surface area contributed by atoms with E-state index in [2.05, 4.69) is 9.44 Å². The van der Waals surface area contributed by atoms with Gasteiger partial charge in [0.15, 0.2) is 5.78 Å². The smallest absolute Gasteiger partial charge is 0.294 e. The Morgan fingerprint density at radius 1 is 1.32 bits per heavy atom. The Balaban J connectivity index is 2.11. The van der Waals surface area contributed by atoms with Gasteiger partial charge in [-0.25, -0.2) is 0 Å². The highest BCUT2D eigenvalue weighted by atomic mass is 35.5. The molecule has 0 radical (unpaired) electrons. The molecule has 2 rings (SSSR count). The minimum Gasteiger partial charge on any atom is -0.294 e. The first kappa shape index (κ1) is 14.3. The van der Waals surface area contributed by atoms with E-state index in [4.69, 9.17) is 11.6 Å². The number of halogens is 1. The summed E-state index contributed by atoms with van der Waals surface area (Å²) in [4.78, 5) is 11.9. The molecule has 0 amide bonds. The topological polar surface area (TPSA) is 75.3 Å². The highest BCUT2D eigenvalue weighted by molar-refractivity contribution is 7.90. The van der Waals surface area contributed by atoms with Gasteiger partial charge < -0.3 is 0 Å². The van der Waals surface area contributed by atoms with E-state index >= 15 is 0 Å². The molecular formula is C12H15ClN2O3S. The lowest BCUT2D eigenvalue weighted by Gasteiger charge is -2.19. The Hall–Kier alpha value is -1.11. The number of hydrogen-bond acceptors (Lipinski definition) is 3. The van der Waals surface area contributed by atoms with Gasteiger partial charge in [0.05, 0.1) is 5.69 Å². The molecule has 0 unspecified atom stereocenters. The minimum atomic E-state index is -3.45. The van der Waals surface area contributed by atoms with E-state index in [1.165, 1.54) is 0 Å². The van der Waals surface area contributed by atoms with Gasteiger partial charge in [-0.2, -0.15) is 13.1 Å². The van der Waals surface area contributed by atoms with Crippen molar-refractivity contribution in [2.24, 2.45) is 0 Å². The third-order valence-electron chi connectivity index (χ3n) is 2.91. The van der Waals surface area contributed by atoms with Gasteiger partial charge in [0.1, 0.15) is 0 Å². The van der Waals surface area contributed by atoms with Crippen LogP contribution < -0.4 is 9.44 Å². The Labute approximate surface area is 117 Å². The van der Waals surface area contributed by atoms with Gasteiger partial charge in [-0.3, -0.25) is 9.52 Å². The second-order valence-electron chi connectivity index (χ2n) is 4.37. The summed E-state index contributed by atoms with van der Waals surface area (Å²) in [5.41, 5.74) is 1.91. The molecular weight excluding hydrogens is 288 g/mol. The molecule has 104 valence electrons. The van der Waals surface area contributed by atoms with E-state index in [0.29, 0.717) is 23.6 Å². The number of unbranched alkanes of at least 4 members (excludes halogenated alkanes) is 1. The van der Waals surface area contributed by atoms with Gasteiger partial charge in [0, 0.05) is 24.4 Å². The van der Waals surface area contributed by atoms with Crippen molar-refractivity contribution >= 4 is 33.3 Å². The van der Waals surface area contributed by atoms with Crippen molar-refractivity contribution in [3.8, 4) is 0 Å². The Morgan fingerprint density at radius 3 is 2.84 bits per heavy atom. The van der Waals surface area contributed by atoms with Gasteiger partial charge in [-0.1, -0.05) is 0 Å².